The van der Waals surface area contributed by atoms with E-state index in [1.165, 1.54) is 0 Å². The summed E-state index contributed by atoms with van der Waals surface area (Å²) < 4.78 is 6.17. The van der Waals surface area contributed by atoms with Crippen LogP contribution in [-0.4, -0.2) is 61.1 Å². The molecule has 2 aliphatic heterocycles. The third kappa shape index (κ3) is 3.11. The average Bonchev–Trinajstić information content (AvgIpc) is 2.44. The molecule has 0 radical (unpaired) electrons. The number of likely N-dealkylation sites (tertiary alicyclic amines) is 1. The Hall–Kier alpha value is -0.610. The first-order valence-electron chi connectivity index (χ1n) is 8.58. The van der Waals surface area contributed by atoms with Crippen molar-refractivity contribution in [1.29, 1.82) is 0 Å². The van der Waals surface area contributed by atoms with Crippen molar-refractivity contribution in [2.75, 3.05) is 33.8 Å². The zero-order chi connectivity index (χ0) is 15.0. The normalized spacial score (nSPS) is 35.8. The lowest BCUT2D eigenvalue weighted by molar-refractivity contribution is -0.154. The molecule has 1 spiro atoms. The molecular formula is C17H30N2O2. The van der Waals surface area contributed by atoms with Crippen LogP contribution in [0.15, 0.2) is 0 Å². The Morgan fingerprint density at radius 3 is 2.48 bits per heavy atom. The van der Waals surface area contributed by atoms with Crippen LogP contribution in [0.3, 0.4) is 0 Å². The van der Waals surface area contributed by atoms with Crippen LogP contribution in [0.1, 0.15) is 45.4 Å². The molecule has 3 fully saturated rings. The molecule has 3 rings (SSSR count). The maximum Gasteiger partial charge on any atom is 0.225 e. The van der Waals surface area contributed by atoms with Crippen LogP contribution in [0, 0.1) is 11.8 Å². The van der Waals surface area contributed by atoms with E-state index in [1.807, 2.05) is 0 Å². The van der Waals surface area contributed by atoms with Crippen LogP contribution in [0.25, 0.3) is 0 Å². The molecule has 4 heteroatoms. The van der Waals surface area contributed by atoms with Gasteiger partial charge in [-0.25, -0.2) is 0 Å². The summed E-state index contributed by atoms with van der Waals surface area (Å²) in [5, 5.41) is 0. The van der Waals surface area contributed by atoms with Crippen LogP contribution in [0.2, 0.25) is 0 Å². The molecule has 0 aromatic heterocycles. The van der Waals surface area contributed by atoms with E-state index in [2.05, 4.69) is 30.8 Å². The van der Waals surface area contributed by atoms with Crippen molar-refractivity contribution in [2.24, 2.45) is 11.8 Å². The standard InChI is InChI=1S/C17H30N2O2/c1-13-10-14(11-13)16(20)19-7-5-17(6-8-19)12-15(18(2)3)4-9-21-17/h13-15H,4-12H2,1-3H3. The van der Waals surface area contributed by atoms with Gasteiger partial charge in [-0.1, -0.05) is 6.92 Å². The monoisotopic (exact) mass is 294 g/mol. The molecule has 0 N–H and O–H groups in total. The summed E-state index contributed by atoms with van der Waals surface area (Å²) in [6.45, 7) is 4.90. The molecule has 4 nitrogen and oxygen atoms in total. The van der Waals surface area contributed by atoms with Crippen molar-refractivity contribution >= 4 is 5.91 Å². The number of ether oxygens (including phenoxy) is 1. The molecule has 0 bridgehead atoms. The highest BCUT2D eigenvalue weighted by molar-refractivity contribution is 5.79. The molecule has 0 aromatic carbocycles. The third-order valence-electron chi connectivity index (χ3n) is 5.91. The average molecular weight is 294 g/mol. The molecule has 1 unspecified atom stereocenters. The zero-order valence-electron chi connectivity index (χ0n) is 13.8. The van der Waals surface area contributed by atoms with E-state index >= 15 is 0 Å². The van der Waals surface area contributed by atoms with E-state index < -0.39 is 0 Å². The molecule has 1 atom stereocenters. The summed E-state index contributed by atoms with van der Waals surface area (Å²) in [5.41, 5.74) is 0.0386. The Morgan fingerprint density at radius 1 is 1.24 bits per heavy atom. The summed E-state index contributed by atoms with van der Waals surface area (Å²) >= 11 is 0. The van der Waals surface area contributed by atoms with E-state index in [1.54, 1.807) is 0 Å². The molecule has 0 aromatic rings. The maximum absolute atomic E-state index is 12.4. The van der Waals surface area contributed by atoms with Crippen LogP contribution in [-0.2, 0) is 9.53 Å². The van der Waals surface area contributed by atoms with E-state index in [4.69, 9.17) is 4.74 Å². The van der Waals surface area contributed by atoms with Crippen molar-refractivity contribution in [1.82, 2.24) is 9.80 Å². The van der Waals surface area contributed by atoms with Gasteiger partial charge in [0, 0.05) is 31.7 Å². The number of carbonyl (C=O) groups is 1. The fourth-order valence-electron chi connectivity index (χ4n) is 4.29. The highest BCUT2D eigenvalue weighted by Crippen LogP contribution is 2.39. The first-order chi connectivity index (χ1) is 9.99. The Balaban J connectivity index is 1.53. The topological polar surface area (TPSA) is 32.8 Å². The Morgan fingerprint density at radius 2 is 1.90 bits per heavy atom. The predicted octanol–water partition coefficient (Wildman–Crippen LogP) is 2.13. The Kier molecular flexibility index (Phi) is 4.28. The fourth-order valence-corrected chi connectivity index (χ4v) is 4.29. The van der Waals surface area contributed by atoms with Gasteiger partial charge in [0.05, 0.1) is 5.60 Å². The Bertz CT molecular complexity index is 382. The van der Waals surface area contributed by atoms with Gasteiger partial charge >= 0.3 is 0 Å². The van der Waals surface area contributed by atoms with Crippen LogP contribution in [0.4, 0.5) is 0 Å². The minimum Gasteiger partial charge on any atom is -0.375 e. The predicted molar refractivity (Wildman–Crippen MR) is 83.1 cm³/mol. The molecule has 1 aliphatic carbocycles. The van der Waals surface area contributed by atoms with Crippen molar-refractivity contribution in [3.8, 4) is 0 Å². The molecule has 3 aliphatic rings. The number of piperidine rings is 1. The largest absolute Gasteiger partial charge is 0.375 e. The number of hydrogen-bond acceptors (Lipinski definition) is 3. The van der Waals surface area contributed by atoms with Gasteiger partial charge in [-0.15, -0.1) is 0 Å². The lowest BCUT2D eigenvalue weighted by Gasteiger charge is -2.48. The molecule has 120 valence electrons. The number of hydrogen-bond donors (Lipinski definition) is 0. The molecular weight excluding hydrogens is 264 g/mol. The SMILES string of the molecule is CC1CC(C(=O)N2CCC3(CC2)CC(N(C)C)CCO3)C1. The summed E-state index contributed by atoms with van der Waals surface area (Å²) in [4.78, 5) is 16.9. The molecule has 1 amide bonds. The maximum atomic E-state index is 12.4. The quantitative estimate of drug-likeness (QED) is 0.782. The fraction of sp³-hybridized carbons (Fsp3) is 0.941. The van der Waals surface area contributed by atoms with Crippen molar-refractivity contribution < 1.29 is 9.53 Å². The van der Waals surface area contributed by atoms with Crippen LogP contribution in [0.5, 0.6) is 0 Å². The Labute approximate surface area is 128 Å². The highest BCUT2D eigenvalue weighted by atomic mass is 16.5. The second-order valence-corrected chi connectivity index (χ2v) is 7.74. The van der Waals surface area contributed by atoms with Gasteiger partial charge in [0.2, 0.25) is 5.91 Å². The zero-order valence-corrected chi connectivity index (χ0v) is 13.8. The van der Waals surface area contributed by atoms with Crippen molar-refractivity contribution in [3.05, 3.63) is 0 Å². The van der Waals surface area contributed by atoms with Crippen molar-refractivity contribution in [3.63, 3.8) is 0 Å². The van der Waals surface area contributed by atoms with Gasteiger partial charge in [0.1, 0.15) is 0 Å². The summed E-state index contributed by atoms with van der Waals surface area (Å²) in [7, 11) is 4.33. The van der Waals surface area contributed by atoms with E-state index in [-0.39, 0.29) is 5.60 Å². The van der Waals surface area contributed by atoms with E-state index in [0.717, 1.165) is 64.1 Å². The van der Waals surface area contributed by atoms with Crippen LogP contribution >= 0.6 is 0 Å². The number of amides is 1. The number of nitrogens with zero attached hydrogens (tertiary/aromatic N) is 2. The molecule has 1 saturated carbocycles. The second-order valence-electron chi connectivity index (χ2n) is 7.74. The van der Waals surface area contributed by atoms with E-state index in [0.29, 0.717) is 17.9 Å². The lowest BCUT2D eigenvalue weighted by Crippen LogP contribution is -2.55. The van der Waals surface area contributed by atoms with Gasteiger partial charge in [-0.2, -0.15) is 0 Å². The smallest absolute Gasteiger partial charge is 0.225 e. The summed E-state index contributed by atoms with van der Waals surface area (Å²) in [6.07, 6.45) is 6.50. The van der Waals surface area contributed by atoms with E-state index in [9.17, 15) is 4.79 Å². The summed E-state index contributed by atoms with van der Waals surface area (Å²) in [6, 6.07) is 0.633. The van der Waals surface area contributed by atoms with Gasteiger partial charge < -0.3 is 14.5 Å². The molecule has 21 heavy (non-hydrogen) atoms. The van der Waals surface area contributed by atoms with Crippen molar-refractivity contribution in [2.45, 2.75) is 57.1 Å². The third-order valence-corrected chi connectivity index (χ3v) is 5.91. The minimum atomic E-state index is 0.0386. The summed E-state index contributed by atoms with van der Waals surface area (Å²) in [5.74, 6) is 1.47. The number of rotatable bonds is 2. The van der Waals surface area contributed by atoms with Gasteiger partial charge in [-0.3, -0.25) is 4.79 Å². The van der Waals surface area contributed by atoms with Crippen LogP contribution < -0.4 is 0 Å². The number of carbonyl (C=O) groups excluding carboxylic acids is 1. The first-order valence-corrected chi connectivity index (χ1v) is 8.58. The molecule has 2 saturated heterocycles. The van der Waals surface area contributed by atoms with Gasteiger partial charge in [-0.05, 0) is 58.5 Å². The second kappa shape index (κ2) is 5.88. The van der Waals surface area contributed by atoms with Gasteiger partial charge in [0.15, 0.2) is 0 Å². The lowest BCUT2D eigenvalue weighted by atomic mass is 9.74. The minimum absolute atomic E-state index is 0.0386. The first kappa shape index (κ1) is 15.3. The molecule has 2 heterocycles. The highest BCUT2D eigenvalue weighted by Gasteiger charge is 2.43. The van der Waals surface area contributed by atoms with Gasteiger partial charge in [0.25, 0.3) is 0 Å².